The van der Waals surface area contributed by atoms with Crippen LogP contribution in [0.3, 0.4) is 0 Å². The lowest BCUT2D eigenvalue weighted by atomic mass is 9.84. The summed E-state index contributed by atoms with van der Waals surface area (Å²) >= 11 is 1.90. The fraction of sp³-hybridized carbons (Fsp3) is 0.244. The molecule has 0 N–H and O–H groups in total. The standard InChI is InChI=1S/C41H41N3O2S2/c1-2-27-48(45,46)44-31-35-28-34(30-42)23-24-40(35)43(32-39(44)29-33-15-7-3-8-16-33)25-26-47-41(36-17-9-4-10-18-36,37-19-11-5-12-20-37)38-21-13-6-14-22-38/h3-24,28,39H,2,25-27,29,31-32H2,1H3/t39-/m1/s1. The molecule has 6 rings (SSSR count). The number of hydrogen-bond donors (Lipinski definition) is 0. The summed E-state index contributed by atoms with van der Waals surface area (Å²) in [7, 11) is -3.54. The zero-order chi connectivity index (χ0) is 33.4. The Morgan fingerprint density at radius 2 is 1.33 bits per heavy atom. The summed E-state index contributed by atoms with van der Waals surface area (Å²) in [5.41, 5.74) is 7.13. The van der Waals surface area contributed by atoms with Gasteiger partial charge in [-0.05, 0) is 58.9 Å². The number of rotatable bonds is 12. The fourth-order valence-corrected chi connectivity index (χ4v) is 10.1. The van der Waals surface area contributed by atoms with E-state index < -0.39 is 14.8 Å². The molecule has 5 nitrogen and oxygen atoms in total. The summed E-state index contributed by atoms with van der Waals surface area (Å²) in [6.07, 6.45) is 1.15. The van der Waals surface area contributed by atoms with Gasteiger partial charge in [-0.3, -0.25) is 0 Å². The maximum Gasteiger partial charge on any atom is 0.214 e. The third-order valence-corrected chi connectivity index (χ3v) is 12.7. The molecule has 0 aliphatic carbocycles. The second kappa shape index (κ2) is 15.3. The molecule has 0 radical (unpaired) electrons. The van der Waals surface area contributed by atoms with E-state index in [1.165, 1.54) is 16.7 Å². The minimum atomic E-state index is -3.54. The molecule has 0 spiro atoms. The largest absolute Gasteiger partial charge is 0.369 e. The summed E-state index contributed by atoms with van der Waals surface area (Å²) in [6, 6.07) is 50.0. The SMILES string of the molecule is CCCS(=O)(=O)N1Cc2cc(C#N)ccc2N(CCSC(c2ccccc2)(c2ccccc2)c2ccccc2)C[C@H]1Cc1ccccc1. The smallest absolute Gasteiger partial charge is 0.214 e. The van der Waals surface area contributed by atoms with Crippen LogP contribution in [0.1, 0.15) is 46.7 Å². The van der Waals surface area contributed by atoms with Crippen LogP contribution in [0.25, 0.3) is 0 Å². The zero-order valence-electron chi connectivity index (χ0n) is 27.3. The van der Waals surface area contributed by atoms with Crippen LogP contribution >= 0.6 is 11.8 Å². The van der Waals surface area contributed by atoms with Gasteiger partial charge in [-0.1, -0.05) is 128 Å². The summed E-state index contributed by atoms with van der Waals surface area (Å²) in [4.78, 5) is 2.35. The molecule has 0 amide bonds. The maximum absolute atomic E-state index is 13.9. The van der Waals surface area contributed by atoms with Crippen LogP contribution < -0.4 is 4.90 Å². The lowest BCUT2D eigenvalue weighted by molar-refractivity contribution is 0.318. The van der Waals surface area contributed by atoms with E-state index in [0.29, 0.717) is 31.5 Å². The Bertz CT molecular complexity index is 1830. The molecule has 244 valence electrons. The monoisotopic (exact) mass is 671 g/mol. The Morgan fingerprint density at radius 3 is 1.85 bits per heavy atom. The van der Waals surface area contributed by atoms with Gasteiger partial charge >= 0.3 is 0 Å². The van der Waals surface area contributed by atoms with Gasteiger partial charge in [0.15, 0.2) is 0 Å². The maximum atomic E-state index is 13.9. The van der Waals surface area contributed by atoms with Crippen molar-refractivity contribution < 1.29 is 8.42 Å². The summed E-state index contributed by atoms with van der Waals surface area (Å²) in [6.45, 7) is 3.40. The van der Waals surface area contributed by atoms with Gasteiger partial charge in [-0.15, -0.1) is 11.8 Å². The van der Waals surface area contributed by atoms with Gasteiger partial charge in [-0.25, -0.2) is 8.42 Å². The molecule has 48 heavy (non-hydrogen) atoms. The van der Waals surface area contributed by atoms with E-state index in [9.17, 15) is 13.7 Å². The highest BCUT2D eigenvalue weighted by Crippen LogP contribution is 2.48. The van der Waals surface area contributed by atoms with Crippen LogP contribution in [0.4, 0.5) is 5.69 Å². The third kappa shape index (κ3) is 7.22. The van der Waals surface area contributed by atoms with Crippen molar-refractivity contribution in [3.05, 3.63) is 173 Å². The number of benzene rings is 5. The summed E-state index contributed by atoms with van der Waals surface area (Å²) in [5.74, 6) is 0.868. The van der Waals surface area contributed by atoms with Crippen molar-refractivity contribution in [3.63, 3.8) is 0 Å². The molecule has 7 heteroatoms. The first-order valence-electron chi connectivity index (χ1n) is 16.6. The predicted octanol–water partition coefficient (Wildman–Crippen LogP) is 8.26. The van der Waals surface area contributed by atoms with E-state index in [4.69, 9.17) is 0 Å². The van der Waals surface area contributed by atoms with Crippen LogP contribution in [0, 0.1) is 11.3 Å². The highest BCUT2D eigenvalue weighted by molar-refractivity contribution is 8.00. The highest BCUT2D eigenvalue weighted by Gasteiger charge is 2.38. The molecule has 0 aromatic heterocycles. The lowest BCUT2D eigenvalue weighted by Crippen LogP contribution is -2.47. The molecule has 0 unspecified atom stereocenters. The van der Waals surface area contributed by atoms with Crippen LogP contribution in [-0.4, -0.2) is 43.4 Å². The Labute approximate surface area is 289 Å². The predicted molar refractivity (Wildman–Crippen MR) is 199 cm³/mol. The Morgan fingerprint density at radius 1 is 0.792 bits per heavy atom. The number of sulfonamides is 1. The van der Waals surface area contributed by atoms with Crippen molar-refractivity contribution in [2.45, 2.75) is 37.1 Å². The van der Waals surface area contributed by atoms with Crippen LogP contribution in [0.15, 0.2) is 140 Å². The van der Waals surface area contributed by atoms with Gasteiger partial charge in [0, 0.05) is 37.1 Å². The van der Waals surface area contributed by atoms with Crippen molar-refractivity contribution in [1.82, 2.24) is 4.31 Å². The van der Waals surface area contributed by atoms with Crippen molar-refractivity contribution in [2.24, 2.45) is 0 Å². The quantitative estimate of drug-likeness (QED) is 0.125. The average molecular weight is 672 g/mol. The Balaban J connectivity index is 1.40. The van der Waals surface area contributed by atoms with Crippen molar-refractivity contribution in [3.8, 4) is 6.07 Å². The molecule has 5 aromatic rings. The number of anilines is 1. The molecule has 0 saturated heterocycles. The topological polar surface area (TPSA) is 64.4 Å². The molecule has 1 aliphatic heterocycles. The first-order chi connectivity index (χ1) is 23.4. The molecular weight excluding hydrogens is 631 g/mol. The minimum Gasteiger partial charge on any atom is -0.369 e. The van der Waals surface area contributed by atoms with Crippen molar-refractivity contribution in [2.75, 3.05) is 29.5 Å². The van der Waals surface area contributed by atoms with Gasteiger partial charge < -0.3 is 4.90 Å². The Kier molecular flexibility index (Phi) is 10.7. The van der Waals surface area contributed by atoms with E-state index in [2.05, 4.69) is 114 Å². The normalized spacial score (nSPS) is 15.3. The molecule has 0 bridgehead atoms. The van der Waals surface area contributed by atoms with E-state index in [0.717, 1.165) is 22.6 Å². The molecule has 1 heterocycles. The first kappa shape index (κ1) is 33.5. The number of hydrogen-bond acceptors (Lipinski definition) is 5. The van der Waals surface area contributed by atoms with Crippen LogP contribution in [-0.2, 0) is 27.7 Å². The number of nitrogens with zero attached hydrogens (tertiary/aromatic N) is 3. The van der Waals surface area contributed by atoms with E-state index in [-0.39, 0.29) is 18.3 Å². The summed E-state index contributed by atoms with van der Waals surface area (Å²) < 4.78 is 29.0. The van der Waals surface area contributed by atoms with Gasteiger partial charge in [0.1, 0.15) is 0 Å². The van der Waals surface area contributed by atoms with Crippen LogP contribution in [0.2, 0.25) is 0 Å². The molecule has 0 fully saturated rings. The highest BCUT2D eigenvalue weighted by atomic mass is 32.2. The van der Waals surface area contributed by atoms with Gasteiger partial charge in [-0.2, -0.15) is 9.57 Å². The molecule has 0 saturated carbocycles. The zero-order valence-corrected chi connectivity index (χ0v) is 28.9. The average Bonchev–Trinajstić information content (AvgIpc) is 3.28. The molecule has 5 aromatic carbocycles. The lowest BCUT2D eigenvalue weighted by Gasteiger charge is -2.37. The molecular formula is C41H41N3O2S2. The van der Waals surface area contributed by atoms with Gasteiger partial charge in [0.25, 0.3) is 0 Å². The summed E-state index contributed by atoms with van der Waals surface area (Å²) in [5, 5.41) is 9.79. The van der Waals surface area contributed by atoms with E-state index in [1.54, 1.807) is 4.31 Å². The molecule has 1 aliphatic rings. The Hall–Kier alpha value is -4.35. The minimum absolute atomic E-state index is 0.0924. The van der Waals surface area contributed by atoms with Crippen molar-refractivity contribution in [1.29, 1.82) is 5.26 Å². The van der Waals surface area contributed by atoms with E-state index in [1.807, 2.05) is 55.1 Å². The number of thioether (sulfide) groups is 1. The second-order valence-corrected chi connectivity index (χ2v) is 15.6. The third-order valence-electron chi connectivity index (χ3n) is 9.07. The van der Waals surface area contributed by atoms with Crippen molar-refractivity contribution >= 4 is 27.5 Å². The van der Waals surface area contributed by atoms with Gasteiger partial charge in [0.05, 0.1) is 22.1 Å². The van der Waals surface area contributed by atoms with Gasteiger partial charge in [0.2, 0.25) is 10.0 Å². The second-order valence-electron chi connectivity index (χ2n) is 12.2. The number of nitriles is 1. The van der Waals surface area contributed by atoms with Crippen LogP contribution in [0.5, 0.6) is 0 Å². The number of fused-ring (bicyclic) bond motifs is 1. The first-order valence-corrected chi connectivity index (χ1v) is 19.2. The fourth-order valence-electron chi connectivity index (χ4n) is 6.87. The molecule has 1 atom stereocenters. The van der Waals surface area contributed by atoms with E-state index >= 15 is 0 Å².